The van der Waals surface area contributed by atoms with Crippen molar-refractivity contribution in [2.45, 2.75) is 123 Å². The molecule has 0 aliphatic carbocycles. The zero-order valence-electron chi connectivity index (χ0n) is 29.9. The molecule has 11 N–H and O–H groups in total. The van der Waals surface area contributed by atoms with Gasteiger partial charge in [-0.1, -0.05) is 48.0 Å². The van der Waals surface area contributed by atoms with Crippen LogP contribution in [0.5, 0.6) is 0 Å². The number of nitrogens with two attached hydrogens (primary N) is 2. The second kappa shape index (κ2) is 23.8. The lowest BCUT2D eigenvalue weighted by molar-refractivity contribution is -0.143. The van der Waals surface area contributed by atoms with E-state index in [0.29, 0.717) is 31.6 Å². The lowest BCUT2D eigenvalue weighted by Gasteiger charge is -2.29. The summed E-state index contributed by atoms with van der Waals surface area (Å²) in [6.07, 6.45) is 2.80. The maximum absolute atomic E-state index is 13.5. The summed E-state index contributed by atoms with van der Waals surface area (Å²) < 4.78 is 0. The highest BCUT2D eigenvalue weighted by Gasteiger charge is 2.35. The Hall–Kier alpha value is -3.44. The summed E-state index contributed by atoms with van der Waals surface area (Å²) in [6.45, 7) is 11.1. The molecule has 0 aromatic rings. The van der Waals surface area contributed by atoms with Crippen LogP contribution in [0.3, 0.4) is 0 Å². The first-order valence-corrected chi connectivity index (χ1v) is 18.2. The molecule has 0 spiro atoms. The second-order valence-electron chi connectivity index (χ2n) is 13.0. The van der Waals surface area contributed by atoms with Crippen molar-refractivity contribution in [3.63, 3.8) is 0 Å². The van der Waals surface area contributed by atoms with Crippen molar-refractivity contribution in [2.24, 2.45) is 29.2 Å². The molecule has 5 amide bonds. The fourth-order valence-electron chi connectivity index (χ4n) is 4.67. The van der Waals surface area contributed by atoms with Gasteiger partial charge in [0.25, 0.3) is 0 Å². The molecule has 0 bridgehead atoms. The molecule has 0 saturated carbocycles. The topological polar surface area (TPSA) is 272 Å². The van der Waals surface area contributed by atoms with E-state index >= 15 is 0 Å². The molecule has 0 saturated heterocycles. The van der Waals surface area contributed by atoms with Crippen molar-refractivity contribution < 1.29 is 43.8 Å². The summed E-state index contributed by atoms with van der Waals surface area (Å²) in [7, 11) is 0. The number of carboxylic acids is 2. The quantitative estimate of drug-likeness (QED) is 0.0562. The Kier molecular flexibility index (Phi) is 22.2. The number of hydrogen-bond donors (Lipinski definition) is 9. The van der Waals surface area contributed by atoms with E-state index in [1.165, 1.54) is 11.8 Å². The van der Waals surface area contributed by atoms with Crippen LogP contribution in [-0.4, -0.2) is 106 Å². The number of carbonyl (C=O) groups excluding carboxylic acids is 5. The Bertz CT molecular complexity index is 1110. The van der Waals surface area contributed by atoms with E-state index in [1.54, 1.807) is 40.9 Å². The van der Waals surface area contributed by atoms with Crippen LogP contribution >= 0.6 is 11.8 Å². The van der Waals surface area contributed by atoms with Gasteiger partial charge in [-0.2, -0.15) is 11.8 Å². The minimum absolute atomic E-state index is 0.0933. The molecular weight excluding hydrogens is 658 g/mol. The molecule has 7 unspecified atom stereocenters. The monoisotopic (exact) mass is 717 g/mol. The Morgan fingerprint density at radius 3 is 1.71 bits per heavy atom. The fourth-order valence-corrected chi connectivity index (χ4v) is 5.15. The molecule has 0 heterocycles. The van der Waals surface area contributed by atoms with Crippen molar-refractivity contribution in [1.82, 2.24) is 26.6 Å². The van der Waals surface area contributed by atoms with E-state index < -0.39 is 84.1 Å². The molecule has 0 aromatic carbocycles. The summed E-state index contributed by atoms with van der Waals surface area (Å²) in [6, 6.07) is -7.20. The molecule has 0 fully saturated rings. The summed E-state index contributed by atoms with van der Waals surface area (Å²) in [4.78, 5) is 89.8. The van der Waals surface area contributed by atoms with Crippen molar-refractivity contribution in [3.05, 3.63) is 0 Å². The van der Waals surface area contributed by atoms with Gasteiger partial charge in [0.2, 0.25) is 29.5 Å². The first-order chi connectivity index (χ1) is 22.9. The van der Waals surface area contributed by atoms with Crippen molar-refractivity contribution >= 4 is 53.2 Å². The van der Waals surface area contributed by atoms with E-state index in [0.717, 1.165) is 0 Å². The van der Waals surface area contributed by atoms with Gasteiger partial charge in [0, 0.05) is 0 Å². The summed E-state index contributed by atoms with van der Waals surface area (Å²) in [5, 5.41) is 31.8. The van der Waals surface area contributed by atoms with Crippen LogP contribution in [0.2, 0.25) is 0 Å². The van der Waals surface area contributed by atoms with Gasteiger partial charge in [0.05, 0.1) is 12.5 Å². The van der Waals surface area contributed by atoms with E-state index in [-0.39, 0.29) is 37.0 Å². The maximum Gasteiger partial charge on any atom is 0.326 e. The number of carbonyl (C=O) groups is 7. The Morgan fingerprint density at radius 2 is 1.22 bits per heavy atom. The molecule has 0 rings (SSSR count). The average molecular weight is 718 g/mol. The van der Waals surface area contributed by atoms with Crippen molar-refractivity contribution in [1.29, 1.82) is 0 Å². The molecular formula is C32H59N7O9S. The van der Waals surface area contributed by atoms with E-state index in [4.69, 9.17) is 11.5 Å². The number of aliphatic carboxylic acids is 2. The van der Waals surface area contributed by atoms with Gasteiger partial charge in [-0.05, 0) is 68.4 Å². The molecule has 0 aliphatic rings. The molecule has 0 aliphatic heterocycles. The van der Waals surface area contributed by atoms with Crippen LogP contribution in [0.1, 0.15) is 86.5 Å². The standard InChI is InChI=1S/C32H59N7O9S/c1-8-19(6)26(39-30(45)25(34)18(4)5)31(46)35-20(12-14-49-7)27(42)38-23(16-24(40)41)29(44)37-22(15-17(2)3)28(43)36-21(32(47)48)11-9-10-13-33/h17-23,25-26H,8-16,33-34H2,1-7H3,(H,35,46)(H,36,43)(H,37,44)(H,38,42)(H,39,45)(H,40,41)(H,47,48). The first-order valence-electron chi connectivity index (χ1n) is 16.8. The minimum atomic E-state index is -1.64. The van der Waals surface area contributed by atoms with E-state index in [2.05, 4.69) is 26.6 Å². The number of thioether (sulfide) groups is 1. The Morgan fingerprint density at radius 1 is 0.694 bits per heavy atom. The van der Waals surface area contributed by atoms with E-state index in [9.17, 15) is 43.8 Å². The molecule has 7 atom stereocenters. The molecule has 0 aromatic heterocycles. The molecule has 0 radical (unpaired) electrons. The molecule has 17 heteroatoms. The largest absolute Gasteiger partial charge is 0.481 e. The number of amides is 5. The molecule has 16 nitrogen and oxygen atoms in total. The van der Waals surface area contributed by atoms with Gasteiger partial charge in [-0.25, -0.2) is 4.79 Å². The number of rotatable bonds is 25. The lowest BCUT2D eigenvalue weighted by Crippen LogP contribution is -2.60. The molecule has 49 heavy (non-hydrogen) atoms. The summed E-state index contributed by atoms with van der Waals surface area (Å²) in [5.41, 5.74) is 11.5. The first kappa shape index (κ1) is 45.6. The van der Waals surface area contributed by atoms with Gasteiger partial charge in [-0.3, -0.25) is 28.8 Å². The van der Waals surface area contributed by atoms with Crippen LogP contribution in [0, 0.1) is 17.8 Å². The third kappa shape index (κ3) is 17.7. The van der Waals surface area contributed by atoms with Crippen LogP contribution in [0.15, 0.2) is 0 Å². The maximum atomic E-state index is 13.5. The van der Waals surface area contributed by atoms with Crippen LogP contribution in [-0.2, 0) is 33.6 Å². The third-order valence-corrected chi connectivity index (χ3v) is 8.62. The predicted octanol–water partition coefficient (Wildman–Crippen LogP) is -0.0727. The number of nitrogens with one attached hydrogen (secondary N) is 5. The van der Waals surface area contributed by atoms with Crippen molar-refractivity contribution in [3.8, 4) is 0 Å². The van der Waals surface area contributed by atoms with E-state index in [1.807, 2.05) is 6.92 Å². The van der Waals surface area contributed by atoms with Crippen molar-refractivity contribution in [2.75, 3.05) is 18.6 Å². The summed E-state index contributed by atoms with van der Waals surface area (Å²) in [5.74, 6) is -6.67. The fraction of sp³-hybridized carbons (Fsp3) is 0.781. The SMILES string of the molecule is CCC(C)C(NC(=O)C(N)C(C)C)C(=O)NC(CCSC)C(=O)NC(CC(=O)O)C(=O)NC(CC(C)C)C(=O)NC(CCCCN)C(=O)O. The van der Waals surface area contributed by atoms with Crippen LogP contribution in [0.4, 0.5) is 0 Å². The smallest absolute Gasteiger partial charge is 0.326 e. The van der Waals surface area contributed by atoms with Gasteiger partial charge in [-0.15, -0.1) is 0 Å². The zero-order chi connectivity index (χ0) is 37.8. The predicted molar refractivity (Wildman–Crippen MR) is 187 cm³/mol. The van der Waals surface area contributed by atoms with Crippen LogP contribution < -0.4 is 38.1 Å². The Balaban J connectivity index is 6.12. The minimum Gasteiger partial charge on any atom is -0.481 e. The normalized spacial score (nSPS) is 15.6. The third-order valence-electron chi connectivity index (χ3n) is 7.97. The average Bonchev–Trinajstić information content (AvgIpc) is 3.02. The summed E-state index contributed by atoms with van der Waals surface area (Å²) >= 11 is 1.39. The zero-order valence-corrected chi connectivity index (χ0v) is 30.7. The highest BCUT2D eigenvalue weighted by Crippen LogP contribution is 2.12. The number of unbranched alkanes of at least 4 members (excludes halogenated alkanes) is 1. The van der Waals surface area contributed by atoms with Crippen LogP contribution in [0.25, 0.3) is 0 Å². The van der Waals surface area contributed by atoms with Gasteiger partial charge >= 0.3 is 11.9 Å². The highest BCUT2D eigenvalue weighted by molar-refractivity contribution is 7.98. The van der Waals surface area contributed by atoms with Gasteiger partial charge in [0.1, 0.15) is 30.2 Å². The highest BCUT2D eigenvalue weighted by atomic mass is 32.2. The molecule has 282 valence electrons. The Labute approximate surface area is 293 Å². The lowest BCUT2D eigenvalue weighted by atomic mass is 9.96. The van der Waals surface area contributed by atoms with Gasteiger partial charge in [0.15, 0.2) is 0 Å². The van der Waals surface area contributed by atoms with Gasteiger partial charge < -0.3 is 48.3 Å². The second-order valence-corrected chi connectivity index (χ2v) is 14.0. The number of hydrogen-bond acceptors (Lipinski definition) is 10. The number of carboxylic acid groups (broad SMARTS) is 2.